The first-order valence-electron chi connectivity index (χ1n) is 6.67. The van der Waals surface area contributed by atoms with Gasteiger partial charge in [0.25, 0.3) is 0 Å². The van der Waals surface area contributed by atoms with Crippen LogP contribution in [0.2, 0.25) is 0 Å². The van der Waals surface area contributed by atoms with Gasteiger partial charge in [-0.1, -0.05) is 12.8 Å². The summed E-state index contributed by atoms with van der Waals surface area (Å²) in [5, 5.41) is 10.2. The number of hydrogen-bond acceptors (Lipinski definition) is 2. The van der Waals surface area contributed by atoms with Crippen LogP contribution in [0.25, 0.3) is 0 Å². The Bertz CT molecular complexity index is 264. The number of aliphatic hydroxyl groups is 1. The fourth-order valence-electron chi connectivity index (χ4n) is 3.40. The van der Waals surface area contributed by atoms with Crippen LogP contribution in [0.3, 0.4) is 0 Å². The maximum absolute atomic E-state index is 13.1. The molecule has 100 valence electrons. The zero-order valence-corrected chi connectivity index (χ0v) is 10.6. The normalized spacial score (nSPS) is 31.2. The van der Waals surface area contributed by atoms with Crippen LogP contribution in [-0.2, 0) is 0 Å². The van der Waals surface area contributed by atoms with Crippen molar-refractivity contribution >= 4 is 0 Å². The number of alkyl halides is 2. The van der Waals surface area contributed by atoms with E-state index in [0.29, 0.717) is 19.5 Å². The van der Waals surface area contributed by atoms with Crippen LogP contribution in [0, 0.1) is 5.92 Å². The molecule has 0 aliphatic heterocycles. The van der Waals surface area contributed by atoms with Gasteiger partial charge in [0.15, 0.2) is 0 Å². The monoisotopic (exact) mass is 247 g/mol. The summed E-state index contributed by atoms with van der Waals surface area (Å²) >= 11 is 0. The lowest BCUT2D eigenvalue weighted by Gasteiger charge is -2.30. The lowest BCUT2D eigenvalue weighted by atomic mass is 10.0. The van der Waals surface area contributed by atoms with E-state index < -0.39 is 11.5 Å². The predicted molar refractivity (Wildman–Crippen MR) is 63.2 cm³/mol. The summed E-state index contributed by atoms with van der Waals surface area (Å²) in [4.78, 5) is 2.04. The van der Waals surface area contributed by atoms with Crippen LogP contribution < -0.4 is 0 Å². The first-order valence-corrected chi connectivity index (χ1v) is 6.67. The first kappa shape index (κ1) is 13.2. The van der Waals surface area contributed by atoms with Crippen molar-refractivity contribution < 1.29 is 13.9 Å². The molecule has 1 N–H and O–H groups in total. The molecule has 0 aromatic heterocycles. The second-order valence-corrected chi connectivity index (χ2v) is 6.09. The van der Waals surface area contributed by atoms with Crippen LogP contribution in [0.4, 0.5) is 8.78 Å². The van der Waals surface area contributed by atoms with Gasteiger partial charge in [0, 0.05) is 25.9 Å². The lowest BCUT2D eigenvalue weighted by molar-refractivity contribution is -0.00216. The highest BCUT2D eigenvalue weighted by Gasteiger charge is 2.40. The Balaban J connectivity index is 1.76. The molecule has 0 heterocycles. The average molecular weight is 247 g/mol. The third kappa shape index (κ3) is 3.62. The highest BCUT2D eigenvalue weighted by atomic mass is 19.3. The summed E-state index contributed by atoms with van der Waals surface area (Å²) < 4.78 is 26.1. The van der Waals surface area contributed by atoms with E-state index in [4.69, 9.17) is 0 Å². The summed E-state index contributed by atoms with van der Waals surface area (Å²) in [6.07, 6.45) is 4.58. The van der Waals surface area contributed by atoms with Gasteiger partial charge in [-0.2, -0.15) is 0 Å². The minimum atomic E-state index is -2.45. The van der Waals surface area contributed by atoms with E-state index in [9.17, 15) is 13.9 Å². The van der Waals surface area contributed by atoms with E-state index >= 15 is 0 Å². The molecule has 2 aliphatic rings. The van der Waals surface area contributed by atoms with Crippen molar-refractivity contribution in [1.82, 2.24) is 4.90 Å². The summed E-state index contributed by atoms with van der Waals surface area (Å²) in [5.41, 5.74) is -0.560. The van der Waals surface area contributed by atoms with Crippen LogP contribution in [0.15, 0.2) is 0 Å². The van der Waals surface area contributed by atoms with Crippen molar-refractivity contribution in [1.29, 1.82) is 0 Å². The molecule has 0 aromatic rings. The molecule has 0 amide bonds. The molecular formula is C13H23F2NO. The Kier molecular flexibility index (Phi) is 3.74. The molecule has 1 unspecified atom stereocenters. The molecule has 0 bridgehead atoms. The molecule has 1 atom stereocenters. The molecule has 2 fully saturated rings. The van der Waals surface area contributed by atoms with Gasteiger partial charge in [-0.15, -0.1) is 0 Å². The van der Waals surface area contributed by atoms with Crippen molar-refractivity contribution in [3.05, 3.63) is 0 Å². The first-order chi connectivity index (χ1) is 7.89. The number of halogens is 2. The van der Waals surface area contributed by atoms with E-state index in [2.05, 4.69) is 0 Å². The SMILES string of the molecule is CN(CC1CCC(F)(F)C1)CC1(O)CCCC1. The van der Waals surface area contributed by atoms with Crippen molar-refractivity contribution in [2.24, 2.45) is 5.92 Å². The average Bonchev–Trinajstić information content (AvgIpc) is 2.73. The van der Waals surface area contributed by atoms with E-state index in [1.807, 2.05) is 11.9 Å². The second kappa shape index (κ2) is 4.81. The van der Waals surface area contributed by atoms with E-state index in [1.165, 1.54) is 0 Å². The van der Waals surface area contributed by atoms with E-state index in [1.54, 1.807) is 0 Å². The number of likely N-dealkylation sites (N-methyl/N-ethyl adjacent to an activating group) is 1. The molecule has 2 saturated carbocycles. The minimum Gasteiger partial charge on any atom is -0.389 e. The van der Waals surface area contributed by atoms with Gasteiger partial charge in [-0.05, 0) is 32.2 Å². The van der Waals surface area contributed by atoms with Gasteiger partial charge in [-0.3, -0.25) is 0 Å². The molecule has 4 heteroatoms. The van der Waals surface area contributed by atoms with Crippen molar-refractivity contribution in [2.45, 2.75) is 56.5 Å². The number of rotatable bonds is 4. The molecule has 0 saturated heterocycles. The van der Waals surface area contributed by atoms with E-state index in [-0.39, 0.29) is 18.8 Å². The molecule has 2 rings (SSSR count). The smallest absolute Gasteiger partial charge is 0.248 e. The van der Waals surface area contributed by atoms with Crippen molar-refractivity contribution in [3.63, 3.8) is 0 Å². The largest absolute Gasteiger partial charge is 0.389 e. The van der Waals surface area contributed by atoms with E-state index in [0.717, 1.165) is 25.7 Å². The van der Waals surface area contributed by atoms with Gasteiger partial charge >= 0.3 is 0 Å². The van der Waals surface area contributed by atoms with Gasteiger partial charge < -0.3 is 10.0 Å². The summed E-state index contributed by atoms with van der Waals surface area (Å²) in [6, 6.07) is 0. The Morgan fingerprint density at radius 2 is 1.88 bits per heavy atom. The lowest BCUT2D eigenvalue weighted by Crippen LogP contribution is -2.40. The van der Waals surface area contributed by atoms with Gasteiger partial charge in [0.05, 0.1) is 5.60 Å². The Hall–Kier alpha value is -0.220. The van der Waals surface area contributed by atoms with Gasteiger partial charge in [-0.25, -0.2) is 8.78 Å². The van der Waals surface area contributed by atoms with Crippen LogP contribution in [0.5, 0.6) is 0 Å². The van der Waals surface area contributed by atoms with Crippen LogP contribution in [-0.4, -0.2) is 41.7 Å². The highest BCUT2D eigenvalue weighted by molar-refractivity contribution is 4.88. The quantitative estimate of drug-likeness (QED) is 0.825. The molecule has 17 heavy (non-hydrogen) atoms. The summed E-state index contributed by atoms with van der Waals surface area (Å²) in [5.74, 6) is -2.35. The molecule has 2 nitrogen and oxygen atoms in total. The maximum Gasteiger partial charge on any atom is 0.248 e. The third-order valence-corrected chi connectivity index (χ3v) is 4.17. The van der Waals surface area contributed by atoms with Crippen LogP contribution >= 0.6 is 0 Å². The second-order valence-electron chi connectivity index (χ2n) is 6.09. The summed E-state index contributed by atoms with van der Waals surface area (Å²) in [6.45, 7) is 1.33. The highest BCUT2D eigenvalue weighted by Crippen LogP contribution is 2.39. The Labute approximate surface area is 102 Å². The third-order valence-electron chi connectivity index (χ3n) is 4.17. The molecule has 0 spiro atoms. The molecule has 0 radical (unpaired) electrons. The minimum absolute atomic E-state index is 0.0236. The number of hydrogen-bond donors (Lipinski definition) is 1. The Morgan fingerprint density at radius 3 is 2.41 bits per heavy atom. The fourth-order valence-corrected chi connectivity index (χ4v) is 3.40. The standard InChI is InChI=1S/C13H23F2NO/c1-16(10-12(17)5-2-3-6-12)9-11-4-7-13(14,15)8-11/h11,17H,2-10H2,1H3. The summed E-state index contributed by atoms with van der Waals surface area (Å²) in [7, 11) is 1.94. The molecule has 0 aromatic carbocycles. The van der Waals surface area contributed by atoms with Crippen molar-refractivity contribution in [3.8, 4) is 0 Å². The van der Waals surface area contributed by atoms with Gasteiger partial charge in [0.2, 0.25) is 5.92 Å². The van der Waals surface area contributed by atoms with Gasteiger partial charge in [0.1, 0.15) is 0 Å². The Morgan fingerprint density at radius 1 is 1.24 bits per heavy atom. The predicted octanol–water partition coefficient (Wildman–Crippen LogP) is 2.66. The molecular weight excluding hydrogens is 224 g/mol. The van der Waals surface area contributed by atoms with Crippen molar-refractivity contribution in [2.75, 3.05) is 20.1 Å². The molecule has 2 aliphatic carbocycles. The number of nitrogens with zero attached hydrogens (tertiary/aromatic N) is 1. The topological polar surface area (TPSA) is 23.5 Å². The van der Waals surface area contributed by atoms with Crippen LogP contribution in [0.1, 0.15) is 44.9 Å². The zero-order valence-electron chi connectivity index (χ0n) is 10.6. The fraction of sp³-hybridized carbons (Fsp3) is 1.00. The zero-order chi connectivity index (χ0) is 12.5. The maximum atomic E-state index is 13.1.